The van der Waals surface area contributed by atoms with E-state index in [1.807, 2.05) is 35.6 Å². The van der Waals surface area contributed by atoms with Gasteiger partial charge < -0.3 is 4.74 Å². The summed E-state index contributed by atoms with van der Waals surface area (Å²) in [6.45, 7) is 4.23. The maximum Gasteiger partial charge on any atom is 0.344 e. The van der Waals surface area contributed by atoms with Crippen LogP contribution in [0.2, 0.25) is 0 Å². The zero-order valence-electron chi connectivity index (χ0n) is 6.19. The highest BCUT2D eigenvalue weighted by Crippen LogP contribution is 2.08. The predicted octanol–water partition coefficient (Wildman–Crippen LogP) is 2.28. The van der Waals surface area contributed by atoms with Crippen LogP contribution < -0.4 is 0 Å². The summed E-state index contributed by atoms with van der Waals surface area (Å²) in [6, 6.07) is 0. The molecule has 0 atom stereocenters. The summed E-state index contributed by atoms with van der Waals surface area (Å²) in [4.78, 5) is 10.8. The summed E-state index contributed by atoms with van der Waals surface area (Å²) in [5.41, 5.74) is 0. The van der Waals surface area contributed by atoms with Crippen molar-refractivity contribution in [2.75, 3.05) is 6.61 Å². The molecule has 0 spiro atoms. The monoisotopic (exact) mass is 254 g/mol. The molecule has 0 amide bonds. The van der Waals surface area contributed by atoms with E-state index in [1.165, 1.54) is 0 Å². The Hall–Kier alpha value is -0.0600. The van der Waals surface area contributed by atoms with E-state index in [-0.39, 0.29) is 5.97 Å². The summed E-state index contributed by atoms with van der Waals surface area (Å²) in [5, 5.41) is 0. The quantitative estimate of drug-likeness (QED) is 0.438. The number of esters is 1. The highest BCUT2D eigenvalue weighted by molar-refractivity contribution is 14.1. The van der Waals surface area contributed by atoms with Gasteiger partial charge in [0.1, 0.15) is 0 Å². The van der Waals surface area contributed by atoms with Crippen molar-refractivity contribution in [2.45, 2.75) is 20.3 Å². The molecular weight excluding hydrogens is 243 g/mol. The van der Waals surface area contributed by atoms with Crippen LogP contribution in [0.25, 0.3) is 0 Å². The lowest BCUT2D eigenvalue weighted by atomic mass is 10.4. The van der Waals surface area contributed by atoms with Crippen LogP contribution in [0.15, 0.2) is 9.66 Å². The first kappa shape index (κ1) is 9.94. The smallest absolute Gasteiger partial charge is 0.344 e. The first-order valence-electron chi connectivity index (χ1n) is 3.25. The number of hydrogen-bond donors (Lipinski definition) is 0. The first-order chi connectivity index (χ1) is 4.72. The Morgan fingerprint density at radius 1 is 1.60 bits per heavy atom. The summed E-state index contributed by atoms with van der Waals surface area (Å²) in [6.07, 6.45) is 2.72. The third-order valence-corrected chi connectivity index (χ3v) is 1.73. The second kappa shape index (κ2) is 5.70. The Kier molecular flexibility index (Phi) is 5.67. The molecule has 0 heterocycles. The molecule has 0 fully saturated rings. The number of carbonyl (C=O) groups is 1. The lowest BCUT2D eigenvalue weighted by molar-refractivity contribution is -0.137. The van der Waals surface area contributed by atoms with E-state index in [0.717, 1.165) is 6.42 Å². The van der Waals surface area contributed by atoms with Gasteiger partial charge in [-0.2, -0.15) is 0 Å². The van der Waals surface area contributed by atoms with Crippen LogP contribution >= 0.6 is 22.6 Å². The Bertz CT molecular complexity index is 141. The minimum absolute atomic E-state index is 0.218. The van der Waals surface area contributed by atoms with E-state index in [2.05, 4.69) is 0 Å². The van der Waals surface area contributed by atoms with Gasteiger partial charge in [-0.05, 0) is 35.9 Å². The van der Waals surface area contributed by atoms with Crippen molar-refractivity contribution in [1.82, 2.24) is 0 Å². The highest BCUT2D eigenvalue weighted by Gasteiger charge is 2.03. The fraction of sp³-hybridized carbons (Fsp3) is 0.571. The fourth-order valence-electron chi connectivity index (χ4n) is 0.463. The molecule has 0 bridgehead atoms. The molecule has 0 saturated heterocycles. The summed E-state index contributed by atoms with van der Waals surface area (Å²) in [7, 11) is 0. The van der Waals surface area contributed by atoms with Crippen molar-refractivity contribution in [3.63, 3.8) is 0 Å². The van der Waals surface area contributed by atoms with E-state index in [0.29, 0.717) is 10.2 Å². The Morgan fingerprint density at radius 3 is 2.60 bits per heavy atom. The van der Waals surface area contributed by atoms with Crippen LogP contribution in [0.5, 0.6) is 0 Å². The van der Waals surface area contributed by atoms with Crippen molar-refractivity contribution >= 4 is 28.6 Å². The van der Waals surface area contributed by atoms with Gasteiger partial charge in [0.15, 0.2) is 0 Å². The van der Waals surface area contributed by atoms with E-state index in [1.54, 1.807) is 6.92 Å². The van der Waals surface area contributed by atoms with Crippen molar-refractivity contribution in [3.05, 3.63) is 9.66 Å². The zero-order valence-corrected chi connectivity index (χ0v) is 8.34. The number of allylic oxidation sites excluding steroid dienone is 1. The van der Waals surface area contributed by atoms with E-state index < -0.39 is 0 Å². The number of rotatable bonds is 3. The van der Waals surface area contributed by atoms with Crippen molar-refractivity contribution in [2.24, 2.45) is 0 Å². The number of halogens is 1. The summed E-state index contributed by atoms with van der Waals surface area (Å²) in [5.74, 6) is -0.218. The summed E-state index contributed by atoms with van der Waals surface area (Å²) >= 11 is 1.98. The van der Waals surface area contributed by atoms with Gasteiger partial charge >= 0.3 is 5.97 Å². The van der Waals surface area contributed by atoms with Crippen molar-refractivity contribution in [3.8, 4) is 0 Å². The normalized spacial score (nSPS) is 11.3. The van der Waals surface area contributed by atoms with Gasteiger partial charge in [0.05, 0.1) is 10.2 Å². The third kappa shape index (κ3) is 3.87. The fourth-order valence-corrected chi connectivity index (χ4v) is 1.06. The molecule has 10 heavy (non-hydrogen) atoms. The highest BCUT2D eigenvalue weighted by atomic mass is 127. The van der Waals surface area contributed by atoms with Crippen LogP contribution in [0.1, 0.15) is 20.3 Å². The van der Waals surface area contributed by atoms with Gasteiger partial charge in [-0.3, -0.25) is 0 Å². The van der Waals surface area contributed by atoms with Crippen LogP contribution in [0.3, 0.4) is 0 Å². The molecule has 0 saturated carbocycles. The molecule has 58 valence electrons. The van der Waals surface area contributed by atoms with Gasteiger partial charge in [0.25, 0.3) is 0 Å². The van der Waals surface area contributed by atoms with Crippen LogP contribution in [-0.2, 0) is 9.53 Å². The molecule has 0 unspecified atom stereocenters. The molecule has 3 heteroatoms. The minimum Gasteiger partial charge on any atom is -0.462 e. The van der Waals surface area contributed by atoms with Crippen molar-refractivity contribution < 1.29 is 9.53 Å². The van der Waals surface area contributed by atoms with Gasteiger partial charge in [-0.1, -0.05) is 13.0 Å². The van der Waals surface area contributed by atoms with Gasteiger partial charge in [0.2, 0.25) is 0 Å². The summed E-state index contributed by atoms with van der Waals surface area (Å²) < 4.78 is 5.41. The Morgan fingerprint density at radius 2 is 2.20 bits per heavy atom. The van der Waals surface area contributed by atoms with Gasteiger partial charge in [-0.15, -0.1) is 0 Å². The maximum absolute atomic E-state index is 10.8. The van der Waals surface area contributed by atoms with Gasteiger partial charge in [-0.25, -0.2) is 4.79 Å². The number of carbonyl (C=O) groups excluding carboxylic acids is 1. The average molecular weight is 254 g/mol. The van der Waals surface area contributed by atoms with Gasteiger partial charge in [0, 0.05) is 0 Å². The Balaban J connectivity index is 3.82. The lowest BCUT2D eigenvalue weighted by Gasteiger charge is -1.97. The Labute approximate surface area is 74.8 Å². The van der Waals surface area contributed by atoms with Crippen LogP contribution in [-0.4, -0.2) is 12.6 Å². The number of ether oxygens (including phenoxy) is 1. The zero-order chi connectivity index (χ0) is 7.98. The maximum atomic E-state index is 10.8. The average Bonchev–Trinajstić information content (AvgIpc) is 1.89. The number of hydrogen-bond acceptors (Lipinski definition) is 2. The van der Waals surface area contributed by atoms with E-state index >= 15 is 0 Å². The van der Waals surface area contributed by atoms with E-state index in [9.17, 15) is 4.79 Å². The first-order valence-corrected chi connectivity index (χ1v) is 4.33. The largest absolute Gasteiger partial charge is 0.462 e. The standard InChI is InChI=1S/C7H11IO2/c1-3-5-6(8)7(9)10-4-2/h5H,3-4H2,1-2H3. The second-order valence-corrected chi connectivity index (χ2v) is 2.84. The van der Waals surface area contributed by atoms with Crippen LogP contribution in [0, 0.1) is 0 Å². The van der Waals surface area contributed by atoms with E-state index in [4.69, 9.17) is 4.74 Å². The topological polar surface area (TPSA) is 26.3 Å². The molecule has 0 aromatic heterocycles. The predicted molar refractivity (Wildman–Crippen MR) is 49.0 cm³/mol. The van der Waals surface area contributed by atoms with Crippen LogP contribution in [0.4, 0.5) is 0 Å². The molecule has 0 aromatic rings. The lowest BCUT2D eigenvalue weighted by Crippen LogP contribution is -2.02. The molecule has 0 aliphatic rings. The molecule has 0 rings (SSSR count). The minimum atomic E-state index is -0.218. The second-order valence-electron chi connectivity index (χ2n) is 1.68. The molecular formula is C7H11IO2. The molecule has 0 radical (unpaired) electrons. The molecule has 0 aliphatic carbocycles. The molecule has 2 nitrogen and oxygen atoms in total. The molecule has 0 N–H and O–H groups in total. The molecule has 0 aromatic carbocycles. The van der Waals surface area contributed by atoms with Crippen molar-refractivity contribution in [1.29, 1.82) is 0 Å². The SMILES string of the molecule is CCC=C(I)C(=O)OCC. The molecule has 0 aliphatic heterocycles. The third-order valence-electron chi connectivity index (χ3n) is 0.854.